The van der Waals surface area contributed by atoms with Crippen LogP contribution in [0.4, 0.5) is 0 Å². The van der Waals surface area contributed by atoms with E-state index in [1.165, 1.54) is 0 Å². The Morgan fingerprint density at radius 2 is 1.71 bits per heavy atom. The van der Waals surface area contributed by atoms with Crippen molar-refractivity contribution in [2.75, 3.05) is 0 Å². The van der Waals surface area contributed by atoms with Crippen LogP contribution in [-0.2, 0) is 31.4 Å². The molecule has 0 rings (SSSR count). The molecule has 0 aromatic carbocycles. The molecule has 0 aromatic rings. The second-order valence-electron chi connectivity index (χ2n) is 0.553. The van der Waals surface area contributed by atoms with Crippen LogP contribution in [0.25, 0.3) is 0 Å². The second kappa shape index (κ2) is 3.86. The summed E-state index contributed by atoms with van der Waals surface area (Å²) in [4.78, 5) is 18.2. The van der Waals surface area contributed by atoms with Gasteiger partial charge in [0.05, 0.1) is 0 Å². The molecule has 0 aliphatic rings. The fourth-order valence-corrected chi connectivity index (χ4v) is 0. The summed E-state index contributed by atoms with van der Waals surface area (Å²) in [6.45, 7) is 0. The topological polar surface area (TPSA) is 72.4 Å². The molecule has 0 atom stereocenters. The van der Waals surface area contributed by atoms with Crippen molar-refractivity contribution in [3.63, 3.8) is 0 Å². The minimum absolute atomic E-state index is 0. The number of phosphoric acid groups is 1. The zero-order valence-corrected chi connectivity index (χ0v) is 6.20. The van der Waals surface area contributed by atoms with Crippen LogP contribution in [0.5, 0.6) is 0 Å². The smallest absolute Gasteiger partial charge is 0.791 e. The Labute approximate surface area is 57.4 Å². The van der Waals surface area contributed by atoms with Gasteiger partial charge in [-0.2, -0.15) is 0 Å². The molecule has 0 saturated heterocycles. The van der Waals surface area contributed by atoms with E-state index in [0.29, 0.717) is 0 Å². The largest absolute Gasteiger partial charge is 2.00 e. The number of hydrogen-bond donors (Lipinski definition) is 0. The summed E-state index contributed by atoms with van der Waals surface area (Å²) in [6, 6.07) is 0. The summed E-state index contributed by atoms with van der Waals surface area (Å²) in [6.07, 6.45) is 0. The van der Waals surface area contributed by atoms with Gasteiger partial charge in [0.15, 0.2) is 0 Å². The van der Waals surface area contributed by atoms with Crippen molar-refractivity contribution in [3.05, 3.63) is 0 Å². The molecule has 0 fully saturated rings. The van der Waals surface area contributed by atoms with Gasteiger partial charge in [-0.3, -0.25) is 0 Å². The van der Waals surface area contributed by atoms with Crippen LogP contribution in [0, 0.1) is 0 Å². The first-order chi connectivity index (χ1) is 2.56. The van der Waals surface area contributed by atoms with E-state index in [0.717, 1.165) is 0 Å². The SMILES string of the molecule is [B]OP(=O)([O-])[O-].[Nb+2]. The van der Waals surface area contributed by atoms with Gasteiger partial charge >= 0.3 is 22.4 Å². The molecular weight excluding hydrogens is 199 g/mol. The molecule has 0 unspecified atom stereocenters. The van der Waals surface area contributed by atoms with Crippen molar-refractivity contribution in [1.29, 1.82) is 0 Å². The molecule has 0 spiro atoms. The monoisotopic (exact) mass is 199 g/mol. The van der Waals surface area contributed by atoms with Gasteiger partial charge in [-0.15, -0.1) is 0 Å². The first kappa shape index (κ1) is 10.8. The van der Waals surface area contributed by atoms with Crippen LogP contribution in [0.2, 0.25) is 0 Å². The van der Waals surface area contributed by atoms with Gasteiger partial charge in [-0.05, 0) is 0 Å². The van der Waals surface area contributed by atoms with Crippen molar-refractivity contribution in [2.45, 2.75) is 0 Å². The summed E-state index contributed by atoms with van der Waals surface area (Å²) in [5.41, 5.74) is 0. The van der Waals surface area contributed by atoms with Crippen LogP contribution in [-0.4, -0.2) is 8.05 Å². The number of hydrogen-bond acceptors (Lipinski definition) is 4. The summed E-state index contributed by atoms with van der Waals surface area (Å²) in [7, 11) is -0.951. The van der Waals surface area contributed by atoms with Gasteiger partial charge in [-0.1, -0.05) is 0 Å². The molecule has 0 N–H and O–H groups in total. The molecule has 0 heterocycles. The summed E-state index contributed by atoms with van der Waals surface area (Å²) in [5.74, 6) is 0. The maximum Gasteiger partial charge on any atom is 2.00 e. The van der Waals surface area contributed by atoms with Crippen molar-refractivity contribution < 1.29 is 41.2 Å². The Hall–Kier alpha value is 0.915. The fourth-order valence-electron chi connectivity index (χ4n) is 0. The third-order valence-electron chi connectivity index (χ3n) is 0.129. The van der Waals surface area contributed by atoms with Gasteiger partial charge in [0.1, 0.15) is 0 Å². The molecule has 4 nitrogen and oxygen atoms in total. The Morgan fingerprint density at radius 3 is 1.71 bits per heavy atom. The quantitative estimate of drug-likeness (QED) is 0.358. The first-order valence-corrected chi connectivity index (χ1v) is 2.43. The van der Waals surface area contributed by atoms with Crippen LogP contribution in [0.1, 0.15) is 0 Å². The Bertz CT molecular complexity index is 75.8. The first-order valence-electron chi connectivity index (χ1n) is 0.966. The molecular formula is BNbO4P. The summed E-state index contributed by atoms with van der Waals surface area (Å²) < 4.78 is 12.0. The molecule has 37 valence electrons. The Morgan fingerprint density at radius 1 is 1.57 bits per heavy atom. The molecule has 3 radical (unpaired) electrons. The molecule has 0 amide bonds. The van der Waals surface area contributed by atoms with Crippen molar-refractivity contribution >= 4 is 15.9 Å². The fraction of sp³-hybridized carbons (Fsp3) is 0. The summed E-state index contributed by atoms with van der Waals surface area (Å²) in [5, 5.41) is 0. The van der Waals surface area contributed by atoms with E-state index in [-0.39, 0.29) is 22.4 Å². The predicted octanol–water partition coefficient (Wildman–Crippen LogP) is -2.09. The van der Waals surface area contributed by atoms with Crippen LogP contribution < -0.4 is 9.79 Å². The standard InChI is InChI=1S/BH2O4P.Nb/c1-5-6(2,3)4;/h(H2,2,3,4);/q;+2/p-2. The molecule has 0 bridgehead atoms. The van der Waals surface area contributed by atoms with E-state index in [9.17, 15) is 0 Å². The predicted molar refractivity (Wildman–Crippen MR) is 14.4 cm³/mol. The molecule has 0 saturated carbocycles. The summed E-state index contributed by atoms with van der Waals surface area (Å²) >= 11 is 0. The van der Waals surface area contributed by atoms with Crippen molar-refractivity contribution in [1.82, 2.24) is 0 Å². The van der Waals surface area contributed by atoms with Crippen LogP contribution in [0.3, 0.4) is 0 Å². The zero-order valence-electron chi connectivity index (χ0n) is 3.10. The zero-order chi connectivity index (χ0) is 5.21. The van der Waals surface area contributed by atoms with Crippen LogP contribution in [0.15, 0.2) is 0 Å². The van der Waals surface area contributed by atoms with Gasteiger partial charge in [0.25, 0.3) is 8.05 Å². The van der Waals surface area contributed by atoms with E-state index in [2.05, 4.69) is 12.5 Å². The van der Waals surface area contributed by atoms with E-state index in [1.807, 2.05) is 0 Å². The van der Waals surface area contributed by atoms with Crippen molar-refractivity contribution in [2.24, 2.45) is 0 Å². The van der Waals surface area contributed by atoms with Gasteiger partial charge in [-0.25, -0.2) is 0 Å². The van der Waals surface area contributed by atoms with Gasteiger partial charge < -0.3 is 18.8 Å². The average molecular weight is 199 g/mol. The van der Waals surface area contributed by atoms with Gasteiger partial charge in [0, 0.05) is 7.82 Å². The van der Waals surface area contributed by atoms with E-state index < -0.39 is 7.82 Å². The maximum absolute atomic E-state index is 9.12. The maximum atomic E-state index is 9.12. The molecule has 0 aromatic heterocycles. The van der Waals surface area contributed by atoms with E-state index in [4.69, 9.17) is 14.4 Å². The average Bonchev–Trinajstić information content (AvgIpc) is 1.35. The third-order valence-corrected chi connectivity index (χ3v) is 0.387. The second-order valence-corrected chi connectivity index (χ2v) is 1.66. The van der Waals surface area contributed by atoms with Crippen LogP contribution >= 0.6 is 7.82 Å². The minimum Gasteiger partial charge on any atom is -0.791 e. The normalized spacial score (nSPS) is 10.0. The minimum atomic E-state index is -4.87. The van der Waals surface area contributed by atoms with E-state index >= 15 is 0 Å². The van der Waals surface area contributed by atoms with Gasteiger partial charge in [0.2, 0.25) is 0 Å². The molecule has 7 heavy (non-hydrogen) atoms. The van der Waals surface area contributed by atoms with Crippen molar-refractivity contribution in [3.8, 4) is 0 Å². The third kappa shape index (κ3) is 10.9. The molecule has 7 heteroatoms. The number of rotatable bonds is 1. The van der Waals surface area contributed by atoms with E-state index in [1.54, 1.807) is 0 Å². The Kier molecular flexibility index (Phi) is 5.97. The molecule has 0 aliphatic heterocycles. The Balaban J connectivity index is 0. The molecule has 0 aliphatic carbocycles.